The van der Waals surface area contributed by atoms with Crippen LogP contribution in [0.2, 0.25) is 5.02 Å². The van der Waals surface area contributed by atoms with Crippen molar-refractivity contribution in [2.24, 2.45) is 5.92 Å². The number of carbonyl (C=O) groups excluding carboxylic acids is 1. The highest BCUT2D eigenvalue weighted by molar-refractivity contribution is 6.33. The van der Waals surface area contributed by atoms with Gasteiger partial charge in [-0.15, -0.1) is 0 Å². The molecule has 0 aromatic carbocycles. The molecule has 1 heterocycles. The Hall–Kier alpha value is -2.08. The van der Waals surface area contributed by atoms with E-state index in [9.17, 15) is 9.59 Å². The first kappa shape index (κ1) is 17.0. The highest BCUT2D eigenvalue weighted by Crippen LogP contribution is 2.20. The van der Waals surface area contributed by atoms with Crippen LogP contribution in [0.4, 0.5) is 5.82 Å². The van der Waals surface area contributed by atoms with Crippen molar-refractivity contribution >= 4 is 35.4 Å². The minimum absolute atomic E-state index is 0.00925. The molecule has 0 unspecified atom stereocenters. The van der Waals surface area contributed by atoms with Gasteiger partial charge in [-0.05, 0) is 17.7 Å². The van der Waals surface area contributed by atoms with E-state index in [-0.39, 0.29) is 11.8 Å². The summed E-state index contributed by atoms with van der Waals surface area (Å²) in [7, 11) is 0. The zero-order valence-electron chi connectivity index (χ0n) is 11.9. The van der Waals surface area contributed by atoms with E-state index in [1.807, 2.05) is 13.8 Å². The van der Waals surface area contributed by atoms with Gasteiger partial charge in [0.1, 0.15) is 5.82 Å². The van der Waals surface area contributed by atoms with Crippen molar-refractivity contribution in [3.8, 4) is 0 Å². The van der Waals surface area contributed by atoms with Crippen LogP contribution in [0.15, 0.2) is 18.3 Å². The molecule has 0 bridgehead atoms. The average molecular weight is 312 g/mol. The second-order valence-corrected chi connectivity index (χ2v) is 5.05. The maximum atomic E-state index is 11.4. The van der Waals surface area contributed by atoms with Crippen LogP contribution in [0.1, 0.15) is 19.4 Å². The molecule has 0 aliphatic heterocycles. The highest BCUT2D eigenvalue weighted by Gasteiger charge is 2.06. The lowest BCUT2D eigenvalue weighted by atomic mass is 10.2. The predicted molar refractivity (Wildman–Crippen MR) is 82.3 cm³/mol. The third-order valence-corrected chi connectivity index (χ3v) is 2.81. The lowest BCUT2D eigenvalue weighted by Gasteiger charge is -2.10. The summed E-state index contributed by atoms with van der Waals surface area (Å²) < 4.78 is 0. The third kappa shape index (κ3) is 6.27. The Morgan fingerprint density at radius 3 is 2.71 bits per heavy atom. The molecule has 0 fully saturated rings. The molecule has 0 aliphatic rings. The summed E-state index contributed by atoms with van der Waals surface area (Å²) >= 11 is 6.04. The maximum Gasteiger partial charge on any atom is 0.328 e. The van der Waals surface area contributed by atoms with E-state index in [4.69, 9.17) is 16.7 Å². The summed E-state index contributed by atoms with van der Waals surface area (Å²) in [4.78, 5) is 25.9. The number of carboxylic acids is 1. The number of halogens is 1. The number of nitrogens with zero attached hydrogens (tertiary/aromatic N) is 1. The minimum Gasteiger partial charge on any atom is -0.478 e. The largest absolute Gasteiger partial charge is 0.478 e. The zero-order chi connectivity index (χ0) is 15.8. The fourth-order valence-corrected chi connectivity index (χ4v) is 1.65. The summed E-state index contributed by atoms with van der Waals surface area (Å²) in [6.07, 6.45) is 3.94. The summed E-state index contributed by atoms with van der Waals surface area (Å²) in [5, 5.41) is 14.7. The van der Waals surface area contributed by atoms with Gasteiger partial charge in [0.15, 0.2) is 0 Å². The Bertz CT molecular complexity index is 544. The quantitative estimate of drug-likeness (QED) is 0.529. The van der Waals surface area contributed by atoms with E-state index in [0.29, 0.717) is 29.5 Å². The Kier molecular flexibility index (Phi) is 6.68. The van der Waals surface area contributed by atoms with Crippen molar-refractivity contribution in [1.29, 1.82) is 0 Å². The van der Waals surface area contributed by atoms with Crippen molar-refractivity contribution in [1.82, 2.24) is 10.3 Å². The molecule has 7 heteroatoms. The molecule has 0 spiro atoms. The van der Waals surface area contributed by atoms with Gasteiger partial charge in [0.2, 0.25) is 5.91 Å². The molecule has 0 saturated carbocycles. The van der Waals surface area contributed by atoms with Gasteiger partial charge in [-0.2, -0.15) is 0 Å². The maximum absolute atomic E-state index is 11.4. The number of carbonyl (C=O) groups is 2. The third-order valence-electron chi connectivity index (χ3n) is 2.52. The van der Waals surface area contributed by atoms with Gasteiger partial charge >= 0.3 is 5.97 Å². The number of aliphatic carboxylic acids is 1. The Morgan fingerprint density at radius 1 is 1.43 bits per heavy atom. The van der Waals surface area contributed by atoms with Crippen LogP contribution in [0.5, 0.6) is 0 Å². The first-order valence-corrected chi connectivity index (χ1v) is 6.86. The summed E-state index contributed by atoms with van der Waals surface area (Å²) in [5.41, 5.74) is 0.598. The minimum atomic E-state index is -1.03. The number of hydrogen-bond donors (Lipinski definition) is 3. The van der Waals surface area contributed by atoms with E-state index in [1.54, 1.807) is 6.07 Å². The van der Waals surface area contributed by atoms with Gasteiger partial charge in [-0.3, -0.25) is 4.79 Å². The van der Waals surface area contributed by atoms with Gasteiger partial charge in [0.25, 0.3) is 0 Å². The molecule has 0 radical (unpaired) electrons. The molecule has 0 atom stereocenters. The normalized spacial score (nSPS) is 10.9. The van der Waals surface area contributed by atoms with Gasteiger partial charge < -0.3 is 15.7 Å². The number of rotatable bonds is 7. The zero-order valence-corrected chi connectivity index (χ0v) is 12.6. The highest BCUT2D eigenvalue weighted by atomic mass is 35.5. The molecule has 1 rings (SSSR count). The monoisotopic (exact) mass is 311 g/mol. The van der Waals surface area contributed by atoms with Gasteiger partial charge in [0.05, 0.1) is 5.02 Å². The Morgan fingerprint density at radius 2 is 2.14 bits per heavy atom. The van der Waals surface area contributed by atoms with Crippen molar-refractivity contribution in [2.75, 3.05) is 18.4 Å². The first-order chi connectivity index (χ1) is 9.90. The topological polar surface area (TPSA) is 91.3 Å². The molecule has 1 aromatic heterocycles. The SMILES string of the molecule is CC(C)C(=O)NCCNc1ncc(C=CC(=O)O)cc1Cl. The molecule has 1 aromatic rings. The molecule has 21 heavy (non-hydrogen) atoms. The molecule has 0 aliphatic carbocycles. The predicted octanol–water partition coefficient (Wildman–Crippen LogP) is 2.02. The number of hydrogen-bond acceptors (Lipinski definition) is 4. The standard InChI is InChI=1S/C14H18ClN3O3/c1-9(2)14(21)17-6-5-16-13-11(15)7-10(8-18-13)3-4-12(19)20/h3-4,7-9H,5-6H2,1-2H3,(H,16,18)(H,17,21)(H,19,20). The molecular formula is C14H18ClN3O3. The van der Waals surface area contributed by atoms with Gasteiger partial charge in [-0.1, -0.05) is 25.4 Å². The Labute approximate surface area is 128 Å². The van der Waals surface area contributed by atoms with Crippen LogP contribution in [0.3, 0.4) is 0 Å². The van der Waals surface area contributed by atoms with E-state index in [1.165, 1.54) is 12.3 Å². The van der Waals surface area contributed by atoms with Crippen molar-refractivity contribution in [3.05, 3.63) is 28.9 Å². The molecule has 1 amide bonds. The van der Waals surface area contributed by atoms with E-state index in [2.05, 4.69) is 15.6 Å². The fourth-order valence-electron chi connectivity index (χ4n) is 1.41. The summed E-state index contributed by atoms with van der Waals surface area (Å²) in [5.74, 6) is -0.603. The number of aromatic nitrogens is 1. The molecular weight excluding hydrogens is 294 g/mol. The van der Waals surface area contributed by atoms with Crippen LogP contribution >= 0.6 is 11.6 Å². The van der Waals surface area contributed by atoms with Crippen LogP contribution in [0.25, 0.3) is 6.08 Å². The summed E-state index contributed by atoms with van der Waals surface area (Å²) in [6.45, 7) is 4.61. The lowest BCUT2D eigenvalue weighted by Crippen LogP contribution is -2.32. The average Bonchev–Trinajstić information content (AvgIpc) is 2.42. The molecule has 114 valence electrons. The van der Waals surface area contributed by atoms with E-state index < -0.39 is 5.97 Å². The number of amides is 1. The van der Waals surface area contributed by atoms with Gasteiger partial charge in [0, 0.05) is 31.3 Å². The van der Waals surface area contributed by atoms with Crippen LogP contribution in [0, 0.1) is 5.92 Å². The van der Waals surface area contributed by atoms with E-state index >= 15 is 0 Å². The van der Waals surface area contributed by atoms with E-state index in [0.717, 1.165) is 6.08 Å². The first-order valence-electron chi connectivity index (χ1n) is 6.48. The van der Waals surface area contributed by atoms with Crippen LogP contribution in [-0.2, 0) is 9.59 Å². The number of nitrogens with one attached hydrogen (secondary N) is 2. The second kappa shape index (κ2) is 8.26. The van der Waals surface area contributed by atoms with Gasteiger partial charge in [-0.25, -0.2) is 9.78 Å². The number of anilines is 1. The van der Waals surface area contributed by atoms with Crippen molar-refractivity contribution < 1.29 is 14.7 Å². The van der Waals surface area contributed by atoms with Crippen LogP contribution in [-0.4, -0.2) is 35.1 Å². The lowest BCUT2D eigenvalue weighted by molar-refractivity contribution is -0.131. The summed E-state index contributed by atoms with van der Waals surface area (Å²) in [6, 6.07) is 1.61. The molecule has 6 nitrogen and oxygen atoms in total. The molecule has 0 saturated heterocycles. The fraction of sp³-hybridized carbons (Fsp3) is 0.357. The molecule has 3 N–H and O–H groups in total. The Balaban J connectivity index is 2.50. The smallest absolute Gasteiger partial charge is 0.328 e. The van der Waals surface area contributed by atoms with Crippen molar-refractivity contribution in [3.63, 3.8) is 0 Å². The van der Waals surface area contributed by atoms with Crippen LogP contribution < -0.4 is 10.6 Å². The number of carboxylic acid groups (broad SMARTS) is 1. The van der Waals surface area contributed by atoms with Crippen molar-refractivity contribution in [2.45, 2.75) is 13.8 Å². The number of pyridine rings is 1. The second-order valence-electron chi connectivity index (χ2n) is 4.64.